The van der Waals surface area contributed by atoms with E-state index in [9.17, 15) is 14.7 Å². The molecule has 0 fully saturated rings. The minimum absolute atomic E-state index is 0. The SMILES string of the molecule is C=CCOC(CC(=O)O)[C@@](N)(O)C(=O)O.[H-].[H-].[Na+].[Na+]. The van der Waals surface area contributed by atoms with Gasteiger partial charge >= 0.3 is 71.1 Å². The second kappa shape index (κ2) is 10.5. The second-order valence-corrected chi connectivity index (χ2v) is 2.84. The molecule has 9 heteroatoms. The van der Waals surface area contributed by atoms with Crippen molar-refractivity contribution in [3.63, 3.8) is 0 Å². The molecular weight excluding hydrogens is 252 g/mol. The van der Waals surface area contributed by atoms with Crippen LogP contribution < -0.4 is 64.8 Å². The molecule has 0 saturated carbocycles. The Bertz CT molecular complexity index is 280. The van der Waals surface area contributed by atoms with Crippen LogP contribution in [0.15, 0.2) is 12.7 Å². The van der Waals surface area contributed by atoms with Crippen molar-refractivity contribution in [2.24, 2.45) is 5.73 Å². The normalized spacial score (nSPS) is 14.5. The first-order valence-electron chi connectivity index (χ1n) is 4.01. The molecule has 7 nitrogen and oxygen atoms in total. The zero-order valence-corrected chi connectivity index (χ0v) is 13.9. The fourth-order valence-electron chi connectivity index (χ4n) is 0.822. The molecule has 0 heterocycles. The summed E-state index contributed by atoms with van der Waals surface area (Å²) in [5.41, 5.74) is 2.29. The van der Waals surface area contributed by atoms with Gasteiger partial charge in [0.25, 0.3) is 0 Å². The third-order valence-corrected chi connectivity index (χ3v) is 1.61. The topological polar surface area (TPSA) is 130 Å². The average Bonchev–Trinajstić information content (AvgIpc) is 2.11. The van der Waals surface area contributed by atoms with Crippen molar-refractivity contribution in [3.05, 3.63) is 12.7 Å². The van der Waals surface area contributed by atoms with E-state index in [-0.39, 0.29) is 68.6 Å². The molecule has 0 aromatic carbocycles. The molecule has 0 rings (SSSR count). The summed E-state index contributed by atoms with van der Waals surface area (Å²) in [7, 11) is 0. The summed E-state index contributed by atoms with van der Waals surface area (Å²) < 4.78 is 4.77. The molecule has 0 saturated heterocycles. The molecule has 0 radical (unpaired) electrons. The van der Waals surface area contributed by atoms with Crippen molar-refractivity contribution in [1.29, 1.82) is 0 Å². The summed E-state index contributed by atoms with van der Waals surface area (Å²) in [6.07, 6.45) is -0.967. The maximum Gasteiger partial charge on any atom is 1.00 e. The predicted octanol–water partition coefficient (Wildman–Crippen LogP) is -7.00. The van der Waals surface area contributed by atoms with Crippen LogP contribution in [0.2, 0.25) is 0 Å². The molecular formula is C8H15NNa2O6. The van der Waals surface area contributed by atoms with Gasteiger partial charge in [0.1, 0.15) is 6.10 Å². The van der Waals surface area contributed by atoms with Gasteiger partial charge in [0.15, 0.2) is 0 Å². The van der Waals surface area contributed by atoms with E-state index < -0.39 is 30.2 Å². The van der Waals surface area contributed by atoms with Crippen molar-refractivity contribution >= 4 is 11.9 Å². The summed E-state index contributed by atoms with van der Waals surface area (Å²) in [6.45, 7) is 3.19. The number of rotatable bonds is 7. The van der Waals surface area contributed by atoms with Crippen LogP contribution in [0.1, 0.15) is 9.27 Å². The van der Waals surface area contributed by atoms with Gasteiger partial charge in [0, 0.05) is 0 Å². The van der Waals surface area contributed by atoms with Crippen LogP contribution in [-0.2, 0) is 14.3 Å². The maximum absolute atomic E-state index is 10.5. The van der Waals surface area contributed by atoms with Crippen molar-refractivity contribution in [2.45, 2.75) is 18.2 Å². The van der Waals surface area contributed by atoms with Crippen molar-refractivity contribution in [1.82, 2.24) is 0 Å². The molecule has 0 aromatic heterocycles. The van der Waals surface area contributed by atoms with E-state index in [1.54, 1.807) is 0 Å². The van der Waals surface area contributed by atoms with Crippen LogP contribution in [0, 0.1) is 0 Å². The van der Waals surface area contributed by atoms with Gasteiger partial charge in [-0.25, -0.2) is 4.79 Å². The fourth-order valence-corrected chi connectivity index (χ4v) is 0.822. The van der Waals surface area contributed by atoms with Crippen LogP contribution in [0.5, 0.6) is 0 Å². The largest absolute Gasteiger partial charge is 1.00 e. The van der Waals surface area contributed by atoms with Crippen LogP contribution in [0.4, 0.5) is 0 Å². The number of nitrogens with two attached hydrogens (primary N) is 1. The van der Waals surface area contributed by atoms with E-state index in [2.05, 4.69) is 6.58 Å². The number of carboxylic acids is 2. The molecule has 2 atom stereocenters. The molecule has 0 spiro atoms. The molecule has 0 aliphatic heterocycles. The van der Waals surface area contributed by atoms with Crippen LogP contribution in [0.25, 0.3) is 0 Å². The van der Waals surface area contributed by atoms with E-state index in [4.69, 9.17) is 20.7 Å². The number of aliphatic carboxylic acids is 2. The van der Waals surface area contributed by atoms with Gasteiger partial charge < -0.3 is 22.9 Å². The number of hydrogen-bond donors (Lipinski definition) is 4. The first-order chi connectivity index (χ1) is 6.82. The summed E-state index contributed by atoms with van der Waals surface area (Å²) in [5, 5.41) is 26.3. The van der Waals surface area contributed by atoms with Crippen molar-refractivity contribution in [2.75, 3.05) is 6.61 Å². The van der Waals surface area contributed by atoms with Gasteiger partial charge in [-0.05, 0) is 0 Å². The van der Waals surface area contributed by atoms with Gasteiger partial charge in [0.2, 0.25) is 5.72 Å². The van der Waals surface area contributed by atoms with Gasteiger partial charge in [-0.15, -0.1) is 6.58 Å². The Morgan fingerprint density at radius 1 is 1.47 bits per heavy atom. The van der Waals surface area contributed by atoms with Gasteiger partial charge in [0.05, 0.1) is 13.0 Å². The van der Waals surface area contributed by atoms with E-state index >= 15 is 0 Å². The molecule has 17 heavy (non-hydrogen) atoms. The molecule has 90 valence electrons. The van der Waals surface area contributed by atoms with E-state index in [1.165, 1.54) is 6.08 Å². The van der Waals surface area contributed by atoms with E-state index in [1.807, 2.05) is 0 Å². The van der Waals surface area contributed by atoms with Crippen LogP contribution >= 0.6 is 0 Å². The molecule has 0 bridgehead atoms. The zero-order valence-electron chi connectivity index (χ0n) is 11.9. The summed E-state index contributed by atoms with van der Waals surface area (Å²) in [6, 6.07) is 0. The van der Waals surface area contributed by atoms with Gasteiger partial charge in [-0.2, -0.15) is 0 Å². The first kappa shape index (κ1) is 22.7. The summed E-state index contributed by atoms with van der Waals surface area (Å²) >= 11 is 0. The molecule has 0 aliphatic carbocycles. The Kier molecular flexibility index (Phi) is 14.0. The second-order valence-electron chi connectivity index (χ2n) is 2.84. The Balaban J connectivity index is -0.000000163. The van der Waals surface area contributed by atoms with Crippen molar-refractivity contribution in [3.8, 4) is 0 Å². The minimum Gasteiger partial charge on any atom is -1.00 e. The average molecular weight is 267 g/mol. The Hall–Kier alpha value is 0.560. The van der Waals surface area contributed by atoms with E-state index in [0.717, 1.165) is 0 Å². The Labute approximate surface area is 146 Å². The molecule has 0 amide bonds. The molecule has 1 unspecified atom stereocenters. The summed E-state index contributed by atoms with van der Waals surface area (Å²) in [5.74, 6) is -3.08. The molecule has 5 N–H and O–H groups in total. The number of hydrogen-bond acceptors (Lipinski definition) is 5. The summed E-state index contributed by atoms with van der Waals surface area (Å²) in [4.78, 5) is 20.9. The number of aliphatic hydroxyl groups is 1. The van der Waals surface area contributed by atoms with Crippen molar-refractivity contribution < 1.29 is 91.6 Å². The quantitative estimate of drug-likeness (QED) is 0.205. The zero-order chi connectivity index (χ0) is 12.1. The number of carbonyl (C=O) groups is 2. The monoisotopic (exact) mass is 267 g/mol. The van der Waals surface area contributed by atoms with E-state index in [0.29, 0.717) is 0 Å². The smallest absolute Gasteiger partial charge is 1.00 e. The maximum atomic E-state index is 10.5. The van der Waals surface area contributed by atoms with Crippen LogP contribution in [0.3, 0.4) is 0 Å². The number of carboxylic acid groups (broad SMARTS) is 2. The fraction of sp³-hybridized carbons (Fsp3) is 0.500. The van der Waals surface area contributed by atoms with Gasteiger partial charge in [-0.1, -0.05) is 6.08 Å². The predicted molar refractivity (Wildman–Crippen MR) is 51.2 cm³/mol. The first-order valence-corrected chi connectivity index (χ1v) is 4.01. The minimum atomic E-state index is -2.73. The third-order valence-electron chi connectivity index (χ3n) is 1.61. The standard InChI is InChI=1S/C8H13NO6.2Na.2H/c1-2-3-15-5(4-6(10)11)8(9,14)7(12)13;;;;/h2,5,14H,1,3-4,9H2,(H,10,11)(H,12,13);;;;/q;2*+1;2*-1/t5?,8-;;;;/m1..../s1. The molecule has 0 aliphatic rings. The van der Waals surface area contributed by atoms with Crippen LogP contribution in [-0.4, -0.2) is 45.7 Å². The molecule has 0 aromatic rings. The van der Waals surface area contributed by atoms with Gasteiger partial charge in [-0.3, -0.25) is 10.5 Å². The third kappa shape index (κ3) is 8.30. The Morgan fingerprint density at radius 2 is 1.94 bits per heavy atom. The Morgan fingerprint density at radius 3 is 2.24 bits per heavy atom. The number of ether oxygens (including phenoxy) is 1.